The number of carbonyl (C=O) groups is 2. The second-order valence-electron chi connectivity index (χ2n) is 9.30. The van der Waals surface area contributed by atoms with E-state index in [1.807, 2.05) is 6.92 Å². The summed E-state index contributed by atoms with van der Waals surface area (Å²) in [5.74, 6) is -1.48. The molecule has 0 saturated carbocycles. The number of fused-ring (bicyclic) bond motifs is 1. The number of nitrogens with one attached hydrogen (secondary N) is 1. The number of aromatic nitrogens is 4. The molecule has 2 heterocycles. The zero-order chi connectivity index (χ0) is 27.1. The first-order valence-corrected chi connectivity index (χ1v) is 13.7. The molecule has 4 N–H and O–H groups in total. The molecule has 0 aliphatic carbocycles. The fourth-order valence-corrected chi connectivity index (χ4v) is 5.84. The van der Waals surface area contributed by atoms with Crippen LogP contribution in [0.2, 0.25) is 0 Å². The van der Waals surface area contributed by atoms with E-state index in [9.17, 15) is 19.3 Å². The smallest absolute Gasteiger partial charge is 0.323 e. The fourth-order valence-electron chi connectivity index (χ4n) is 3.35. The van der Waals surface area contributed by atoms with Crippen molar-refractivity contribution in [2.75, 3.05) is 25.7 Å². The lowest BCUT2D eigenvalue weighted by molar-refractivity contribution is -0.147. The first kappa shape index (κ1) is 29.6. The second kappa shape index (κ2) is 12.6. The Kier molecular flexibility index (Phi) is 10.4. The average molecular weight is 528 g/mol. The van der Waals surface area contributed by atoms with Gasteiger partial charge < -0.3 is 24.9 Å². The van der Waals surface area contributed by atoms with E-state index in [2.05, 4.69) is 20.0 Å². The Morgan fingerprint density at radius 2 is 1.97 bits per heavy atom. The number of carboxylic acids is 1. The van der Waals surface area contributed by atoms with Crippen LogP contribution in [-0.4, -0.2) is 78.9 Å². The number of rotatable bonds is 15. The van der Waals surface area contributed by atoms with Crippen LogP contribution in [0.25, 0.3) is 11.2 Å². The molecule has 2 aromatic rings. The predicted octanol–water partition coefficient (Wildman–Crippen LogP) is 2.47. The summed E-state index contributed by atoms with van der Waals surface area (Å²) < 4.78 is 28.4. The molecule has 0 radical (unpaired) electrons. The molecule has 0 aromatic carbocycles. The van der Waals surface area contributed by atoms with E-state index in [0.717, 1.165) is 19.3 Å². The Labute approximate surface area is 211 Å². The molecule has 3 atom stereocenters. The van der Waals surface area contributed by atoms with Gasteiger partial charge in [-0.25, -0.2) is 24.7 Å². The van der Waals surface area contributed by atoms with Crippen LogP contribution in [0.5, 0.6) is 0 Å². The van der Waals surface area contributed by atoms with Crippen molar-refractivity contribution >= 4 is 36.4 Å². The van der Waals surface area contributed by atoms with Gasteiger partial charge in [0.1, 0.15) is 29.8 Å². The van der Waals surface area contributed by atoms with Gasteiger partial charge in [-0.3, -0.25) is 14.2 Å². The molecule has 13 nitrogen and oxygen atoms in total. The Morgan fingerprint density at radius 1 is 1.28 bits per heavy atom. The third kappa shape index (κ3) is 7.45. The molecule has 14 heteroatoms. The van der Waals surface area contributed by atoms with E-state index in [4.69, 9.17) is 15.2 Å². The van der Waals surface area contributed by atoms with E-state index >= 15 is 0 Å². The average Bonchev–Trinajstić information content (AvgIpc) is 3.23. The maximum atomic E-state index is 14.1. The van der Waals surface area contributed by atoms with Crippen molar-refractivity contribution < 1.29 is 28.7 Å². The molecule has 0 spiro atoms. The Bertz CT molecular complexity index is 1090. The number of hydrogen-bond donors (Lipinski definition) is 3. The van der Waals surface area contributed by atoms with Gasteiger partial charge in [0.2, 0.25) is 7.44 Å². The maximum Gasteiger partial charge on any atom is 0.323 e. The van der Waals surface area contributed by atoms with Crippen LogP contribution in [0.3, 0.4) is 0 Å². The number of imidazole rings is 1. The highest BCUT2D eigenvalue weighted by Gasteiger charge is 2.42. The fraction of sp³-hybridized carbons (Fsp3) is 0.682. The van der Waals surface area contributed by atoms with Crippen molar-refractivity contribution in [1.29, 1.82) is 0 Å². The number of unbranched alkanes of at least 4 members (excludes halogenated alkanes) is 2. The van der Waals surface area contributed by atoms with Crippen molar-refractivity contribution in [2.45, 2.75) is 78.1 Å². The number of nitrogens with zero attached hydrogens (tertiary/aromatic N) is 5. The summed E-state index contributed by atoms with van der Waals surface area (Å²) >= 11 is 0. The largest absolute Gasteiger partial charge is 0.480 e. The number of likely N-dealkylation sites (N-methyl/N-ethyl adjacent to an activating group) is 1. The lowest BCUT2D eigenvalue weighted by Crippen LogP contribution is -2.50. The molecule has 0 bridgehead atoms. The van der Waals surface area contributed by atoms with Crippen molar-refractivity contribution in [3.63, 3.8) is 0 Å². The SMILES string of the molecule is CCCCCOC(=O)[C@@H](C)N(C)[P@](=O)(CO[C@H](C)Cn1cnc2c(N)ncnc21)NC(C)(C)C(=O)O. The number of esters is 1. The zero-order valence-electron chi connectivity index (χ0n) is 21.8. The lowest BCUT2D eigenvalue weighted by Gasteiger charge is -2.36. The minimum atomic E-state index is -3.73. The highest BCUT2D eigenvalue weighted by molar-refractivity contribution is 7.59. The van der Waals surface area contributed by atoms with Gasteiger partial charge in [0.05, 0.1) is 25.6 Å². The molecule has 2 aromatic heterocycles. The van der Waals surface area contributed by atoms with Crippen molar-refractivity contribution in [3.8, 4) is 0 Å². The number of nitrogen functional groups attached to an aromatic ring is 1. The quantitative estimate of drug-likeness (QED) is 0.176. The monoisotopic (exact) mass is 527 g/mol. The maximum absolute atomic E-state index is 14.1. The molecule has 0 aliphatic rings. The first-order chi connectivity index (χ1) is 16.8. The van der Waals surface area contributed by atoms with Gasteiger partial charge in [-0.15, -0.1) is 0 Å². The van der Waals surface area contributed by atoms with Crippen molar-refractivity contribution in [1.82, 2.24) is 29.3 Å². The van der Waals surface area contributed by atoms with Gasteiger partial charge in [-0.05, 0) is 41.2 Å². The summed E-state index contributed by atoms with van der Waals surface area (Å²) in [5.41, 5.74) is 5.29. The number of aliphatic carboxylic acids is 1. The minimum absolute atomic E-state index is 0.258. The highest BCUT2D eigenvalue weighted by Crippen LogP contribution is 2.48. The summed E-state index contributed by atoms with van der Waals surface area (Å²) in [6.07, 6.45) is 4.74. The number of ether oxygens (including phenoxy) is 2. The van der Waals surface area contributed by atoms with E-state index < -0.39 is 37.1 Å². The Hall–Kier alpha value is -2.60. The summed E-state index contributed by atoms with van der Waals surface area (Å²) in [6.45, 7) is 8.76. The van der Waals surface area contributed by atoms with E-state index in [-0.39, 0.29) is 18.8 Å². The summed E-state index contributed by atoms with van der Waals surface area (Å²) in [5, 5.41) is 12.3. The number of hydrogen-bond acceptors (Lipinski definition) is 9. The molecule has 0 unspecified atom stereocenters. The second-order valence-corrected chi connectivity index (χ2v) is 11.8. The topological polar surface area (TPSA) is 175 Å². The number of nitrogens with two attached hydrogens (primary N) is 1. The molecule has 202 valence electrons. The van der Waals surface area contributed by atoms with Gasteiger partial charge in [0.15, 0.2) is 11.5 Å². The normalized spacial score (nSPS) is 15.5. The standard InChI is InChI=1S/C22H38N7O6P/c1-7-8-9-10-34-20(30)16(3)28(6)36(33,27-22(4,5)21(31)32)14-35-15(2)11-29-13-26-17-18(23)24-12-25-19(17)29/h12-13,15-16H,7-11,14H2,1-6H3,(H,27,33)(H,31,32)(H2,23,24,25)/t15-,16-,36+/m1/s1. The Morgan fingerprint density at radius 3 is 2.61 bits per heavy atom. The van der Waals surface area contributed by atoms with Gasteiger partial charge in [0, 0.05) is 0 Å². The van der Waals surface area contributed by atoms with Gasteiger partial charge in [-0.2, -0.15) is 0 Å². The minimum Gasteiger partial charge on any atom is -0.480 e. The predicted molar refractivity (Wildman–Crippen MR) is 135 cm³/mol. The van der Waals surface area contributed by atoms with Crippen LogP contribution in [0.15, 0.2) is 12.7 Å². The summed E-state index contributed by atoms with van der Waals surface area (Å²) in [7, 11) is -2.24. The van der Waals surface area contributed by atoms with Crippen LogP contribution >= 0.6 is 7.44 Å². The molecule has 0 amide bonds. The number of carbonyl (C=O) groups excluding carboxylic acids is 1. The molecule has 0 saturated heterocycles. The van der Waals surface area contributed by atoms with Crippen molar-refractivity contribution in [2.24, 2.45) is 0 Å². The molecular formula is C22H38N7O6P. The van der Waals surface area contributed by atoms with Gasteiger partial charge in [0.25, 0.3) is 0 Å². The van der Waals surface area contributed by atoms with E-state index in [1.54, 1.807) is 24.7 Å². The van der Waals surface area contributed by atoms with Crippen LogP contribution < -0.4 is 10.8 Å². The zero-order valence-corrected chi connectivity index (χ0v) is 22.7. The van der Waals surface area contributed by atoms with E-state index in [0.29, 0.717) is 17.7 Å². The summed E-state index contributed by atoms with van der Waals surface area (Å²) in [4.78, 5) is 36.7. The van der Waals surface area contributed by atoms with Gasteiger partial charge in [-0.1, -0.05) is 19.8 Å². The lowest BCUT2D eigenvalue weighted by atomic mass is 10.1. The molecular weight excluding hydrogens is 489 g/mol. The third-order valence-electron chi connectivity index (χ3n) is 5.81. The van der Waals surface area contributed by atoms with E-state index in [1.165, 1.54) is 31.9 Å². The number of carboxylic acid groups (broad SMARTS) is 1. The van der Waals surface area contributed by atoms with Crippen LogP contribution in [0.1, 0.15) is 53.9 Å². The first-order valence-electron chi connectivity index (χ1n) is 11.9. The molecule has 2 rings (SSSR count). The molecule has 36 heavy (non-hydrogen) atoms. The number of anilines is 1. The Balaban J connectivity index is 2.15. The molecule has 0 fully saturated rings. The summed E-state index contributed by atoms with van der Waals surface area (Å²) in [6, 6.07) is -0.897. The van der Waals surface area contributed by atoms with Crippen LogP contribution in [0, 0.1) is 0 Å². The van der Waals surface area contributed by atoms with Crippen molar-refractivity contribution in [3.05, 3.63) is 12.7 Å². The van der Waals surface area contributed by atoms with Crippen LogP contribution in [0.4, 0.5) is 5.82 Å². The highest BCUT2D eigenvalue weighted by atomic mass is 31.2. The van der Waals surface area contributed by atoms with Gasteiger partial charge >= 0.3 is 11.9 Å². The molecule has 0 aliphatic heterocycles. The van der Waals surface area contributed by atoms with Crippen LogP contribution in [-0.2, 0) is 30.2 Å². The third-order valence-corrected chi connectivity index (χ3v) is 8.58.